The Balaban J connectivity index is 1.91. The first-order valence-corrected chi connectivity index (χ1v) is 11.9. The Kier molecular flexibility index (Phi) is 7.97. The lowest BCUT2D eigenvalue weighted by atomic mass is 10.1. The van der Waals surface area contributed by atoms with Gasteiger partial charge in [-0.15, -0.1) is 0 Å². The third-order valence-electron chi connectivity index (χ3n) is 5.01. The molecule has 2 N–H and O–H groups in total. The third-order valence-corrected chi connectivity index (χ3v) is 6.71. The number of ether oxygens (including phenoxy) is 2. The third kappa shape index (κ3) is 6.25. The second-order valence-corrected chi connectivity index (χ2v) is 9.48. The molecule has 174 valence electrons. The minimum Gasteiger partial charge on any atom is -0.493 e. The molecule has 9 heteroatoms. The second-order valence-electron chi connectivity index (χ2n) is 7.33. The van der Waals surface area contributed by atoms with Crippen molar-refractivity contribution in [3.63, 3.8) is 0 Å². The lowest BCUT2D eigenvalue weighted by Crippen LogP contribution is -2.45. The Hall–Kier alpha value is -3.07. The highest BCUT2D eigenvalue weighted by atomic mass is 35.5. The molecule has 0 heterocycles. The predicted molar refractivity (Wildman–Crippen MR) is 129 cm³/mol. The van der Waals surface area contributed by atoms with E-state index >= 15 is 0 Å². The van der Waals surface area contributed by atoms with E-state index in [0.717, 1.165) is 11.1 Å². The molecule has 0 aromatic heterocycles. The average molecular weight is 489 g/mol. The number of hydrogen-bond donors (Lipinski definition) is 2. The summed E-state index contributed by atoms with van der Waals surface area (Å²) in [6.07, 6.45) is 0.159. The number of carbonyl (C=O) groups is 1. The van der Waals surface area contributed by atoms with Crippen LogP contribution in [0.1, 0.15) is 11.1 Å². The topological polar surface area (TPSA) is 93.7 Å². The van der Waals surface area contributed by atoms with Gasteiger partial charge < -0.3 is 14.8 Å². The molecular formula is C24H25ClN2O5S. The molecule has 0 aliphatic heterocycles. The average Bonchev–Trinajstić information content (AvgIpc) is 2.80. The van der Waals surface area contributed by atoms with Crippen LogP contribution in [-0.4, -0.2) is 34.6 Å². The smallest absolute Gasteiger partial charge is 0.242 e. The fraction of sp³-hybridized carbons (Fsp3) is 0.208. The molecule has 0 radical (unpaired) electrons. The molecule has 3 rings (SSSR count). The van der Waals surface area contributed by atoms with Gasteiger partial charge in [-0.3, -0.25) is 4.79 Å². The zero-order valence-electron chi connectivity index (χ0n) is 18.5. The molecule has 1 amide bonds. The van der Waals surface area contributed by atoms with Crippen LogP contribution in [0.15, 0.2) is 71.6 Å². The molecule has 0 fully saturated rings. The molecule has 0 aliphatic rings. The summed E-state index contributed by atoms with van der Waals surface area (Å²) in [7, 11) is -1.18. The van der Waals surface area contributed by atoms with E-state index in [-0.39, 0.29) is 17.1 Å². The maximum atomic E-state index is 13.2. The van der Waals surface area contributed by atoms with Crippen LogP contribution in [0.3, 0.4) is 0 Å². The van der Waals surface area contributed by atoms with Gasteiger partial charge in [-0.1, -0.05) is 41.9 Å². The molecule has 33 heavy (non-hydrogen) atoms. The highest BCUT2D eigenvalue weighted by Gasteiger charge is 2.27. The molecule has 0 spiro atoms. The number of aryl methyl sites for hydroxylation is 1. The van der Waals surface area contributed by atoms with Crippen LogP contribution in [0.5, 0.6) is 11.5 Å². The van der Waals surface area contributed by atoms with E-state index in [1.807, 2.05) is 37.3 Å². The summed E-state index contributed by atoms with van der Waals surface area (Å²) in [5.41, 5.74) is 2.12. The zero-order chi connectivity index (χ0) is 24.0. The normalized spacial score (nSPS) is 12.1. The molecule has 3 aromatic carbocycles. The molecule has 0 saturated carbocycles. The summed E-state index contributed by atoms with van der Waals surface area (Å²) in [5.74, 6) is 0.169. The van der Waals surface area contributed by atoms with Crippen LogP contribution >= 0.6 is 11.6 Å². The largest absolute Gasteiger partial charge is 0.493 e. The van der Waals surface area contributed by atoms with Gasteiger partial charge >= 0.3 is 0 Å². The van der Waals surface area contributed by atoms with Gasteiger partial charge in [0.15, 0.2) is 11.5 Å². The van der Waals surface area contributed by atoms with Crippen molar-refractivity contribution in [2.45, 2.75) is 24.3 Å². The zero-order valence-corrected chi connectivity index (χ0v) is 20.0. The monoisotopic (exact) mass is 488 g/mol. The minimum atomic E-state index is -4.06. The van der Waals surface area contributed by atoms with Crippen LogP contribution in [0.2, 0.25) is 5.02 Å². The number of amides is 1. The van der Waals surface area contributed by atoms with Crippen molar-refractivity contribution in [2.24, 2.45) is 0 Å². The highest BCUT2D eigenvalue weighted by Crippen LogP contribution is 2.29. The van der Waals surface area contributed by atoms with Gasteiger partial charge in [0, 0.05) is 16.8 Å². The molecule has 1 unspecified atom stereocenters. The quantitative estimate of drug-likeness (QED) is 0.471. The first-order chi connectivity index (χ1) is 15.7. The summed E-state index contributed by atoms with van der Waals surface area (Å²) in [5, 5.41) is 3.35. The van der Waals surface area contributed by atoms with Gasteiger partial charge in [-0.25, -0.2) is 8.42 Å². The van der Waals surface area contributed by atoms with Crippen LogP contribution in [0.4, 0.5) is 5.69 Å². The SMILES string of the molecule is COc1ccc(S(=O)(=O)NC(Cc2ccccc2)C(=O)Nc2ccc(Cl)cc2C)cc1OC. The Morgan fingerprint density at radius 2 is 1.67 bits per heavy atom. The predicted octanol–water partition coefficient (Wildman–Crippen LogP) is 4.19. The highest BCUT2D eigenvalue weighted by molar-refractivity contribution is 7.89. The Bertz CT molecular complexity index is 1230. The minimum absolute atomic E-state index is 0.0475. The molecule has 1 atom stereocenters. The number of rotatable bonds is 9. The Labute approximate surface area is 198 Å². The van der Waals surface area contributed by atoms with Crippen molar-refractivity contribution in [3.05, 3.63) is 82.9 Å². The van der Waals surface area contributed by atoms with Crippen molar-refractivity contribution in [3.8, 4) is 11.5 Å². The van der Waals surface area contributed by atoms with Gasteiger partial charge in [0.2, 0.25) is 15.9 Å². The molecule has 3 aromatic rings. The lowest BCUT2D eigenvalue weighted by molar-refractivity contribution is -0.117. The van der Waals surface area contributed by atoms with Crippen molar-refractivity contribution in [1.29, 1.82) is 0 Å². The number of carbonyl (C=O) groups excluding carboxylic acids is 1. The van der Waals surface area contributed by atoms with Crippen LogP contribution in [-0.2, 0) is 21.2 Å². The van der Waals surface area contributed by atoms with Crippen LogP contribution in [0, 0.1) is 6.92 Å². The van der Waals surface area contributed by atoms with Gasteiger partial charge in [0.25, 0.3) is 0 Å². The number of hydrogen-bond acceptors (Lipinski definition) is 5. The van der Waals surface area contributed by atoms with Crippen molar-refractivity contribution < 1.29 is 22.7 Å². The van der Waals surface area contributed by atoms with Gasteiger partial charge in [-0.05, 0) is 54.8 Å². The summed E-state index contributed by atoms with van der Waals surface area (Å²) >= 11 is 6.00. The Morgan fingerprint density at radius 3 is 2.30 bits per heavy atom. The molecular weight excluding hydrogens is 464 g/mol. The summed E-state index contributed by atoms with van der Waals surface area (Å²) in [4.78, 5) is 13.1. The van der Waals surface area contributed by atoms with Gasteiger partial charge in [0.05, 0.1) is 19.1 Å². The lowest BCUT2D eigenvalue weighted by Gasteiger charge is -2.20. The van der Waals surface area contributed by atoms with E-state index in [1.165, 1.54) is 32.4 Å². The van der Waals surface area contributed by atoms with E-state index in [9.17, 15) is 13.2 Å². The molecule has 0 aliphatic carbocycles. The number of halogens is 1. The summed E-state index contributed by atoms with van der Waals surface area (Å²) in [6, 6.07) is 17.4. The van der Waals surface area contributed by atoms with Crippen molar-refractivity contribution >= 4 is 33.2 Å². The number of benzene rings is 3. The van der Waals surface area contributed by atoms with E-state index in [4.69, 9.17) is 21.1 Å². The van der Waals surface area contributed by atoms with Crippen molar-refractivity contribution in [2.75, 3.05) is 19.5 Å². The summed E-state index contributed by atoms with van der Waals surface area (Å²) < 4.78 is 39.3. The standard InChI is InChI=1S/C24H25ClN2O5S/c1-16-13-18(25)9-11-20(16)26-24(28)21(14-17-7-5-4-6-8-17)27-33(29,30)19-10-12-22(31-2)23(15-19)32-3/h4-13,15,21,27H,14H2,1-3H3,(H,26,28). The Morgan fingerprint density at radius 1 is 0.970 bits per heavy atom. The van der Waals surface area contributed by atoms with E-state index in [1.54, 1.807) is 18.2 Å². The van der Waals surface area contributed by atoms with E-state index in [2.05, 4.69) is 10.0 Å². The first kappa shape index (κ1) is 24.6. The second kappa shape index (κ2) is 10.7. The van der Waals surface area contributed by atoms with Crippen LogP contribution in [0.25, 0.3) is 0 Å². The fourth-order valence-corrected chi connectivity index (χ4v) is 4.70. The maximum absolute atomic E-state index is 13.2. The van der Waals surface area contributed by atoms with Crippen molar-refractivity contribution in [1.82, 2.24) is 4.72 Å². The van der Waals surface area contributed by atoms with Gasteiger partial charge in [0.1, 0.15) is 6.04 Å². The molecule has 0 saturated heterocycles. The van der Waals surface area contributed by atoms with Crippen LogP contribution < -0.4 is 19.5 Å². The van der Waals surface area contributed by atoms with Gasteiger partial charge in [-0.2, -0.15) is 4.72 Å². The van der Waals surface area contributed by atoms with E-state index in [0.29, 0.717) is 16.5 Å². The number of sulfonamides is 1. The first-order valence-electron chi connectivity index (χ1n) is 10.1. The number of nitrogens with one attached hydrogen (secondary N) is 2. The fourth-order valence-electron chi connectivity index (χ4n) is 3.26. The maximum Gasteiger partial charge on any atom is 0.242 e. The molecule has 0 bridgehead atoms. The summed E-state index contributed by atoms with van der Waals surface area (Å²) in [6.45, 7) is 1.81. The number of anilines is 1. The molecule has 7 nitrogen and oxygen atoms in total. The van der Waals surface area contributed by atoms with E-state index < -0.39 is 22.0 Å². The number of methoxy groups -OCH3 is 2.